The fourth-order valence-electron chi connectivity index (χ4n) is 2.47. The number of thiophene rings is 1. The van der Waals surface area contributed by atoms with Crippen LogP contribution in [0.2, 0.25) is 4.34 Å². The van der Waals surface area contributed by atoms with Crippen LogP contribution in [0.15, 0.2) is 12.1 Å². The third-order valence-corrected chi connectivity index (χ3v) is 5.00. The number of piperazine rings is 1. The van der Waals surface area contributed by atoms with Crippen LogP contribution in [-0.4, -0.2) is 49.1 Å². The number of halogens is 1. The molecular weight excluding hydrogens is 266 g/mol. The molecule has 0 saturated carbocycles. The summed E-state index contributed by atoms with van der Waals surface area (Å²) in [7, 11) is 2.17. The molecule has 2 N–H and O–H groups in total. The predicted molar refractivity (Wildman–Crippen MR) is 79.4 cm³/mol. The van der Waals surface area contributed by atoms with Crippen LogP contribution in [-0.2, 0) is 0 Å². The average Bonchev–Trinajstić information content (AvgIpc) is 2.78. The molecule has 1 aliphatic rings. The third-order valence-electron chi connectivity index (χ3n) is 3.69. The van der Waals surface area contributed by atoms with Crippen molar-refractivity contribution in [3.8, 4) is 0 Å². The Morgan fingerprint density at radius 2 is 2.00 bits per heavy atom. The summed E-state index contributed by atoms with van der Waals surface area (Å²) in [6.45, 7) is 6.57. The summed E-state index contributed by atoms with van der Waals surface area (Å²) in [6, 6.07) is 4.61. The van der Waals surface area contributed by atoms with Crippen LogP contribution in [0.1, 0.15) is 24.3 Å². The molecule has 1 aromatic rings. The molecule has 0 aliphatic carbocycles. The van der Waals surface area contributed by atoms with Gasteiger partial charge in [-0.3, -0.25) is 4.90 Å². The number of hydrogen-bond acceptors (Lipinski definition) is 4. The second kappa shape index (κ2) is 6.35. The Hall–Kier alpha value is -0.130. The Morgan fingerprint density at radius 1 is 1.33 bits per heavy atom. The summed E-state index contributed by atoms with van der Waals surface area (Å²) in [5.74, 6) is 0. The van der Waals surface area contributed by atoms with Crippen LogP contribution < -0.4 is 5.73 Å². The first kappa shape index (κ1) is 14.3. The maximum atomic E-state index is 6.33. The lowest BCUT2D eigenvalue weighted by atomic mass is 10.0. The van der Waals surface area contributed by atoms with E-state index in [9.17, 15) is 0 Å². The summed E-state index contributed by atoms with van der Waals surface area (Å²) in [5, 5.41) is 0. The van der Waals surface area contributed by atoms with Crippen LogP contribution in [0, 0.1) is 0 Å². The standard InChI is InChI=1S/C13H22ClN3S/c1-3-10(15)13(11-4-5-12(14)18-11)17-8-6-16(2)7-9-17/h4-5,10,13H,3,6-9,15H2,1-2H3. The second-order valence-electron chi connectivity index (χ2n) is 5.00. The van der Waals surface area contributed by atoms with Crippen LogP contribution >= 0.6 is 22.9 Å². The van der Waals surface area contributed by atoms with Gasteiger partial charge in [-0.05, 0) is 25.6 Å². The SMILES string of the molecule is CCC(N)C(c1ccc(Cl)s1)N1CCN(C)CC1. The Kier molecular flexibility index (Phi) is 5.04. The minimum atomic E-state index is 0.183. The molecule has 5 heteroatoms. The molecule has 1 fully saturated rings. The van der Waals surface area contributed by atoms with E-state index in [0.717, 1.165) is 36.9 Å². The van der Waals surface area contributed by atoms with Gasteiger partial charge in [0.2, 0.25) is 0 Å². The molecule has 3 nitrogen and oxygen atoms in total. The fraction of sp³-hybridized carbons (Fsp3) is 0.692. The first-order chi connectivity index (χ1) is 8.61. The summed E-state index contributed by atoms with van der Waals surface area (Å²) < 4.78 is 0.854. The molecule has 0 bridgehead atoms. The number of rotatable bonds is 4. The van der Waals surface area contributed by atoms with Gasteiger partial charge in [-0.15, -0.1) is 11.3 Å². The minimum Gasteiger partial charge on any atom is -0.326 e. The molecule has 1 aliphatic heterocycles. The van der Waals surface area contributed by atoms with Crippen molar-refractivity contribution >= 4 is 22.9 Å². The van der Waals surface area contributed by atoms with Crippen molar-refractivity contribution in [1.82, 2.24) is 9.80 Å². The van der Waals surface area contributed by atoms with E-state index in [1.165, 1.54) is 4.88 Å². The highest BCUT2D eigenvalue weighted by molar-refractivity contribution is 7.16. The molecule has 102 valence electrons. The Labute approximate surface area is 119 Å². The maximum absolute atomic E-state index is 6.33. The van der Waals surface area contributed by atoms with E-state index in [4.69, 9.17) is 17.3 Å². The quantitative estimate of drug-likeness (QED) is 0.923. The molecule has 2 heterocycles. The highest BCUT2D eigenvalue weighted by Crippen LogP contribution is 2.33. The van der Waals surface area contributed by atoms with Gasteiger partial charge < -0.3 is 10.6 Å². The summed E-state index contributed by atoms with van der Waals surface area (Å²) >= 11 is 7.73. The minimum absolute atomic E-state index is 0.183. The largest absolute Gasteiger partial charge is 0.326 e. The zero-order chi connectivity index (χ0) is 13.1. The van der Waals surface area contributed by atoms with Crippen molar-refractivity contribution in [1.29, 1.82) is 0 Å². The highest BCUT2D eigenvalue weighted by atomic mass is 35.5. The molecule has 2 atom stereocenters. The van der Waals surface area contributed by atoms with Crippen LogP contribution in [0.4, 0.5) is 0 Å². The van der Waals surface area contributed by atoms with E-state index >= 15 is 0 Å². The molecule has 0 amide bonds. The monoisotopic (exact) mass is 287 g/mol. The van der Waals surface area contributed by atoms with Crippen molar-refractivity contribution in [3.05, 3.63) is 21.3 Å². The Balaban J connectivity index is 2.15. The molecule has 0 spiro atoms. The molecule has 18 heavy (non-hydrogen) atoms. The summed E-state index contributed by atoms with van der Waals surface area (Å²) in [6.07, 6.45) is 0.993. The van der Waals surface area contributed by atoms with Gasteiger partial charge in [0.25, 0.3) is 0 Å². The van der Waals surface area contributed by atoms with Crippen LogP contribution in [0.3, 0.4) is 0 Å². The van der Waals surface area contributed by atoms with Gasteiger partial charge in [-0.25, -0.2) is 0 Å². The highest BCUT2D eigenvalue weighted by Gasteiger charge is 2.29. The van der Waals surface area contributed by atoms with E-state index in [1.54, 1.807) is 11.3 Å². The van der Waals surface area contributed by atoms with E-state index < -0.39 is 0 Å². The second-order valence-corrected chi connectivity index (χ2v) is 6.74. The van der Waals surface area contributed by atoms with Gasteiger partial charge in [0.05, 0.1) is 10.4 Å². The number of hydrogen-bond donors (Lipinski definition) is 1. The Morgan fingerprint density at radius 3 is 2.50 bits per heavy atom. The fourth-order valence-corrected chi connectivity index (χ4v) is 3.74. The van der Waals surface area contributed by atoms with Crippen molar-refractivity contribution < 1.29 is 0 Å². The maximum Gasteiger partial charge on any atom is 0.0931 e. The number of nitrogens with two attached hydrogens (primary N) is 1. The normalized spacial score (nSPS) is 22.0. The molecule has 2 unspecified atom stereocenters. The van der Waals surface area contributed by atoms with Gasteiger partial charge in [-0.2, -0.15) is 0 Å². The molecule has 0 aromatic carbocycles. The molecule has 2 rings (SSSR count). The Bertz CT molecular complexity index is 374. The topological polar surface area (TPSA) is 32.5 Å². The molecule has 1 saturated heterocycles. The zero-order valence-electron chi connectivity index (χ0n) is 11.1. The first-order valence-corrected chi connectivity index (χ1v) is 7.74. The van der Waals surface area contributed by atoms with Gasteiger partial charge in [0.15, 0.2) is 0 Å². The van der Waals surface area contributed by atoms with Crippen LogP contribution in [0.5, 0.6) is 0 Å². The third kappa shape index (κ3) is 3.25. The van der Waals surface area contributed by atoms with E-state index in [2.05, 4.69) is 29.8 Å². The van der Waals surface area contributed by atoms with Gasteiger partial charge in [0.1, 0.15) is 0 Å². The van der Waals surface area contributed by atoms with Crippen molar-refractivity contribution in [3.63, 3.8) is 0 Å². The molecule has 0 radical (unpaired) electrons. The molecule has 1 aromatic heterocycles. The first-order valence-electron chi connectivity index (χ1n) is 6.55. The lowest BCUT2D eigenvalue weighted by Crippen LogP contribution is -2.50. The number of likely N-dealkylation sites (N-methyl/N-ethyl adjacent to an activating group) is 1. The van der Waals surface area contributed by atoms with E-state index in [-0.39, 0.29) is 6.04 Å². The number of nitrogens with zero attached hydrogens (tertiary/aromatic N) is 2. The van der Waals surface area contributed by atoms with E-state index in [1.807, 2.05) is 6.07 Å². The lowest BCUT2D eigenvalue weighted by Gasteiger charge is -2.39. The summed E-state index contributed by atoms with van der Waals surface area (Å²) in [5.41, 5.74) is 6.33. The smallest absolute Gasteiger partial charge is 0.0931 e. The van der Waals surface area contributed by atoms with Crippen LogP contribution in [0.25, 0.3) is 0 Å². The van der Waals surface area contributed by atoms with Crippen molar-refractivity contribution in [2.24, 2.45) is 5.73 Å². The predicted octanol–water partition coefficient (Wildman–Crippen LogP) is 2.43. The van der Waals surface area contributed by atoms with Gasteiger partial charge in [-0.1, -0.05) is 18.5 Å². The van der Waals surface area contributed by atoms with Gasteiger partial charge >= 0.3 is 0 Å². The van der Waals surface area contributed by atoms with E-state index in [0.29, 0.717) is 6.04 Å². The van der Waals surface area contributed by atoms with Gasteiger partial charge in [0, 0.05) is 37.1 Å². The molecular formula is C13H22ClN3S. The average molecular weight is 288 g/mol. The van der Waals surface area contributed by atoms with Crippen molar-refractivity contribution in [2.45, 2.75) is 25.4 Å². The summed E-state index contributed by atoms with van der Waals surface area (Å²) in [4.78, 5) is 6.18. The lowest BCUT2D eigenvalue weighted by molar-refractivity contribution is 0.0986. The van der Waals surface area contributed by atoms with Crippen molar-refractivity contribution in [2.75, 3.05) is 33.2 Å². The zero-order valence-corrected chi connectivity index (χ0v) is 12.7.